The van der Waals surface area contributed by atoms with Gasteiger partial charge in [-0.25, -0.2) is 4.98 Å². The quantitative estimate of drug-likeness (QED) is 0.567. The first-order valence-corrected chi connectivity index (χ1v) is 8.70. The van der Waals surface area contributed by atoms with Crippen LogP contribution in [0.25, 0.3) is 11.0 Å². The summed E-state index contributed by atoms with van der Waals surface area (Å²) >= 11 is 0. The lowest BCUT2D eigenvalue weighted by Crippen LogP contribution is -3.11. The standard InChI is InChI=1S/C19H20N4O2/c24-23(25)16-7-5-14(6-8-16)13-22-11-9-15(10-12-22)19-20-17-3-1-2-4-18(17)21-19/h1-8,15H,9-13H2,(H,20,21)/p+1. The number of H-pyrrole nitrogens is 1. The van der Waals surface area contributed by atoms with Gasteiger partial charge in [0.15, 0.2) is 0 Å². The normalized spacial score (nSPS) is 20.6. The highest BCUT2D eigenvalue weighted by Gasteiger charge is 2.25. The molecule has 0 spiro atoms. The number of benzene rings is 2. The van der Waals surface area contributed by atoms with Gasteiger partial charge < -0.3 is 9.88 Å². The SMILES string of the molecule is O=[N+]([O-])c1ccc(C[NH+]2CCC(c3nc4ccccc4[nH]3)CC2)cc1. The fourth-order valence-corrected chi connectivity index (χ4v) is 3.67. The molecular weight excluding hydrogens is 316 g/mol. The number of nitro groups is 1. The van der Waals surface area contributed by atoms with E-state index in [1.807, 2.05) is 30.3 Å². The smallest absolute Gasteiger partial charge is 0.269 e. The molecule has 0 radical (unpaired) electrons. The Labute approximate surface area is 145 Å². The lowest BCUT2D eigenvalue weighted by atomic mass is 9.96. The molecule has 0 unspecified atom stereocenters. The third-order valence-electron chi connectivity index (χ3n) is 5.09. The number of aromatic nitrogens is 2. The number of aromatic amines is 1. The minimum Gasteiger partial charge on any atom is -0.342 e. The number of para-hydroxylation sites is 2. The highest BCUT2D eigenvalue weighted by molar-refractivity contribution is 5.74. The van der Waals surface area contributed by atoms with Crippen molar-refractivity contribution in [2.75, 3.05) is 13.1 Å². The molecule has 3 aromatic rings. The summed E-state index contributed by atoms with van der Waals surface area (Å²) in [5.74, 6) is 1.60. The second kappa shape index (κ2) is 6.64. The largest absolute Gasteiger partial charge is 0.342 e. The van der Waals surface area contributed by atoms with Crippen LogP contribution in [0.15, 0.2) is 48.5 Å². The van der Waals surface area contributed by atoms with Gasteiger partial charge in [-0.1, -0.05) is 12.1 Å². The number of piperidine rings is 1. The summed E-state index contributed by atoms with van der Waals surface area (Å²) in [6.07, 6.45) is 2.23. The van der Waals surface area contributed by atoms with Gasteiger partial charge in [0.05, 0.1) is 29.0 Å². The van der Waals surface area contributed by atoms with E-state index in [9.17, 15) is 10.1 Å². The lowest BCUT2D eigenvalue weighted by Gasteiger charge is -2.28. The Morgan fingerprint density at radius 1 is 1.12 bits per heavy atom. The van der Waals surface area contributed by atoms with Crippen molar-refractivity contribution in [1.29, 1.82) is 0 Å². The Morgan fingerprint density at radius 2 is 1.84 bits per heavy atom. The molecule has 0 aliphatic carbocycles. The highest BCUT2D eigenvalue weighted by Crippen LogP contribution is 2.24. The highest BCUT2D eigenvalue weighted by atomic mass is 16.6. The van der Waals surface area contributed by atoms with Gasteiger partial charge in [0, 0.05) is 36.5 Å². The van der Waals surface area contributed by atoms with E-state index in [0.29, 0.717) is 5.92 Å². The first kappa shape index (κ1) is 15.8. The van der Waals surface area contributed by atoms with Crippen molar-refractivity contribution < 1.29 is 9.82 Å². The summed E-state index contributed by atoms with van der Waals surface area (Å²) in [6.45, 7) is 3.11. The van der Waals surface area contributed by atoms with Crippen LogP contribution < -0.4 is 4.90 Å². The zero-order chi connectivity index (χ0) is 17.2. The number of likely N-dealkylation sites (tertiary alicyclic amines) is 1. The zero-order valence-electron chi connectivity index (χ0n) is 13.9. The number of fused-ring (bicyclic) bond motifs is 1. The van der Waals surface area contributed by atoms with E-state index in [1.54, 1.807) is 12.1 Å². The zero-order valence-corrected chi connectivity index (χ0v) is 13.9. The molecule has 1 aliphatic heterocycles. The first-order chi connectivity index (χ1) is 12.2. The van der Waals surface area contributed by atoms with Gasteiger partial charge in [0.1, 0.15) is 12.4 Å². The minimum absolute atomic E-state index is 0.155. The topological polar surface area (TPSA) is 76.3 Å². The number of hydrogen-bond donors (Lipinski definition) is 2. The number of quaternary nitrogens is 1. The summed E-state index contributed by atoms with van der Waals surface area (Å²) in [4.78, 5) is 20.1. The molecule has 2 heterocycles. The number of nitro benzene ring substituents is 1. The van der Waals surface area contributed by atoms with Crippen LogP contribution in [0.5, 0.6) is 0 Å². The van der Waals surface area contributed by atoms with Gasteiger partial charge in [0.25, 0.3) is 5.69 Å². The monoisotopic (exact) mass is 337 g/mol. The Morgan fingerprint density at radius 3 is 2.52 bits per heavy atom. The van der Waals surface area contributed by atoms with Crippen LogP contribution in [-0.2, 0) is 6.54 Å². The maximum atomic E-state index is 10.7. The van der Waals surface area contributed by atoms with Crippen molar-refractivity contribution in [3.05, 3.63) is 70.0 Å². The summed E-state index contributed by atoms with van der Waals surface area (Å²) in [5.41, 5.74) is 3.46. The number of non-ortho nitro benzene ring substituents is 1. The van der Waals surface area contributed by atoms with Crippen molar-refractivity contribution >= 4 is 16.7 Å². The van der Waals surface area contributed by atoms with Gasteiger partial charge in [-0.05, 0) is 24.3 Å². The van der Waals surface area contributed by atoms with E-state index in [-0.39, 0.29) is 10.6 Å². The lowest BCUT2D eigenvalue weighted by molar-refractivity contribution is -0.919. The third kappa shape index (κ3) is 3.39. The summed E-state index contributed by atoms with van der Waals surface area (Å²) < 4.78 is 0. The van der Waals surface area contributed by atoms with Crippen LogP contribution in [0, 0.1) is 10.1 Å². The maximum absolute atomic E-state index is 10.7. The van der Waals surface area contributed by atoms with E-state index in [4.69, 9.17) is 4.98 Å². The van der Waals surface area contributed by atoms with Gasteiger partial charge in [-0.3, -0.25) is 10.1 Å². The average Bonchev–Trinajstić information content (AvgIpc) is 3.07. The van der Waals surface area contributed by atoms with Crippen LogP contribution in [0.2, 0.25) is 0 Å². The molecule has 0 amide bonds. The molecule has 0 saturated carbocycles. The van der Waals surface area contributed by atoms with E-state index in [1.165, 1.54) is 4.90 Å². The number of rotatable bonds is 4. The van der Waals surface area contributed by atoms with Crippen molar-refractivity contribution in [3.63, 3.8) is 0 Å². The van der Waals surface area contributed by atoms with Gasteiger partial charge in [0.2, 0.25) is 0 Å². The molecular formula is C19H21N4O2+. The molecule has 25 heavy (non-hydrogen) atoms. The predicted octanol–water partition coefficient (Wildman–Crippen LogP) is 2.43. The summed E-state index contributed by atoms with van der Waals surface area (Å²) in [6, 6.07) is 15.1. The minimum atomic E-state index is -0.352. The fourth-order valence-electron chi connectivity index (χ4n) is 3.67. The number of nitrogens with zero attached hydrogens (tertiary/aromatic N) is 2. The van der Waals surface area contributed by atoms with Gasteiger partial charge in [-0.2, -0.15) is 0 Å². The predicted molar refractivity (Wildman–Crippen MR) is 95.6 cm³/mol. The molecule has 1 aromatic heterocycles. The van der Waals surface area contributed by atoms with Crippen LogP contribution >= 0.6 is 0 Å². The Bertz CT molecular complexity index is 847. The van der Waals surface area contributed by atoms with Gasteiger partial charge >= 0.3 is 0 Å². The second-order valence-corrected chi connectivity index (χ2v) is 6.76. The van der Waals surface area contributed by atoms with Crippen molar-refractivity contribution in [1.82, 2.24) is 9.97 Å². The van der Waals surface area contributed by atoms with Crippen molar-refractivity contribution in [2.24, 2.45) is 0 Å². The van der Waals surface area contributed by atoms with Crippen LogP contribution in [-0.4, -0.2) is 28.0 Å². The van der Waals surface area contributed by atoms with Gasteiger partial charge in [-0.15, -0.1) is 0 Å². The van der Waals surface area contributed by atoms with E-state index in [0.717, 1.165) is 54.9 Å². The number of hydrogen-bond acceptors (Lipinski definition) is 3. The molecule has 2 aromatic carbocycles. The molecule has 0 bridgehead atoms. The van der Waals surface area contributed by atoms with E-state index < -0.39 is 0 Å². The molecule has 128 valence electrons. The molecule has 1 fully saturated rings. The second-order valence-electron chi connectivity index (χ2n) is 6.76. The van der Waals surface area contributed by atoms with E-state index >= 15 is 0 Å². The fraction of sp³-hybridized carbons (Fsp3) is 0.316. The van der Waals surface area contributed by atoms with Crippen LogP contribution in [0.4, 0.5) is 5.69 Å². The Kier molecular flexibility index (Phi) is 4.19. The Hall–Kier alpha value is -2.73. The summed E-state index contributed by atoms with van der Waals surface area (Å²) in [5, 5.41) is 10.7. The van der Waals surface area contributed by atoms with Crippen LogP contribution in [0.3, 0.4) is 0 Å². The maximum Gasteiger partial charge on any atom is 0.269 e. The molecule has 2 N–H and O–H groups in total. The third-order valence-corrected chi connectivity index (χ3v) is 5.09. The molecule has 0 atom stereocenters. The number of imidazole rings is 1. The molecule has 6 nitrogen and oxygen atoms in total. The number of nitrogens with one attached hydrogen (secondary N) is 2. The first-order valence-electron chi connectivity index (χ1n) is 8.70. The Balaban J connectivity index is 1.37. The molecule has 1 saturated heterocycles. The van der Waals surface area contributed by atoms with E-state index in [2.05, 4.69) is 11.1 Å². The molecule has 6 heteroatoms. The molecule has 4 rings (SSSR count). The summed E-state index contributed by atoms with van der Waals surface area (Å²) in [7, 11) is 0. The van der Waals surface area contributed by atoms with Crippen LogP contribution in [0.1, 0.15) is 30.1 Å². The molecule has 1 aliphatic rings. The average molecular weight is 337 g/mol. The van der Waals surface area contributed by atoms with Crippen molar-refractivity contribution in [3.8, 4) is 0 Å². The van der Waals surface area contributed by atoms with Crippen molar-refractivity contribution in [2.45, 2.75) is 25.3 Å².